The lowest BCUT2D eigenvalue weighted by Crippen LogP contribution is -1.98. The fraction of sp³-hybridized carbons (Fsp3) is 0.167. The Morgan fingerprint density at radius 1 is 1.58 bits per heavy atom. The summed E-state index contributed by atoms with van der Waals surface area (Å²) in [5.74, 6) is 0.219. The summed E-state index contributed by atoms with van der Waals surface area (Å²) in [6, 6.07) is 0. The molecule has 1 N–H and O–H groups in total. The molecule has 0 aromatic carbocycles. The van der Waals surface area contributed by atoms with Crippen LogP contribution in [0.15, 0.2) is 22.4 Å². The van der Waals surface area contributed by atoms with Crippen LogP contribution < -0.4 is 0 Å². The van der Waals surface area contributed by atoms with E-state index in [1.54, 1.807) is 12.4 Å². The van der Waals surface area contributed by atoms with Crippen molar-refractivity contribution in [3.63, 3.8) is 0 Å². The van der Waals surface area contributed by atoms with Crippen LogP contribution in [0.25, 0.3) is 0 Å². The first-order chi connectivity index (χ1) is 5.77. The van der Waals surface area contributed by atoms with E-state index in [4.69, 9.17) is 16.8 Å². The zero-order valence-corrected chi connectivity index (χ0v) is 7.80. The van der Waals surface area contributed by atoms with Crippen LogP contribution in [-0.2, 0) is 0 Å². The summed E-state index contributed by atoms with van der Waals surface area (Å²) in [4.78, 5) is 8.66. The first kappa shape index (κ1) is 9.28. The van der Waals surface area contributed by atoms with E-state index in [-0.39, 0.29) is 11.0 Å². The third-order valence-corrected chi connectivity index (χ3v) is 2.06. The summed E-state index contributed by atoms with van der Waals surface area (Å²) >= 11 is 6.98. The fourth-order valence-electron chi connectivity index (χ4n) is 0.573. The average molecular weight is 204 g/mol. The summed E-state index contributed by atoms with van der Waals surface area (Å²) in [5.41, 5.74) is 0. The van der Waals surface area contributed by atoms with Crippen LogP contribution >= 0.6 is 23.4 Å². The first-order valence-electron chi connectivity index (χ1n) is 3.02. The van der Waals surface area contributed by atoms with Gasteiger partial charge in [0.1, 0.15) is 0 Å². The van der Waals surface area contributed by atoms with Gasteiger partial charge in [-0.15, -0.1) is 11.8 Å². The highest BCUT2D eigenvalue weighted by molar-refractivity contribution is 7.98. The zero-order chi connectivity index (χ0) is 8.97. The third kappa shape index (κ3) is 2.09. The number of rotatable bonds is 2. The van der Waals surface area contributed by atoms with E-state index in [0.717, 1.165) is 4.90 Å². The van der Waals surface area contributed by atoms with Crippen molar-refractivity contribution in [1.82, 2.24) is 9.97 Å². The third-order valence-electron chi connectivity index (χ3n) is 1.14. The molecule has 0 fully saturated rings. The molecule has 0 amide bonds. The molecule has 1 aromatic rings. The molecular formula is C6H6ClN3OS. The quantitative estimate of drug-likeness (QED) is 0.343. The minimum Gasteiger partial charge on any atom is -0.410 e. The molecule has 0 unspecified atom stereocenters. The predicted octanol–water partition coefficient (Wildman–Crippen LogP) is 1.57. The van der Waals surface area contributed by atoms with Crippen molar-refractivity contribution < 1.29 is 5.21 Å². The van der Waals surface area contributed by atoms with Crippen LogP contribution in [0, 0.1) is 0 Å². The van der Waals surface area contributed by atoms with E-state index in [1.807, 2.05) is 6.26 Å². The maximum absolute atomic E-state index is 8.29. The van der Waals surface area contributed by atoms with E-state index in [0.29, 0.717) is 0 Å². The Balaban J connectivity index is 2.92. The summed E-state index contributed by atoms with van der Waals surface area (Å²) in [7, 11) is 0. The molecule has 1 heterocycles. The number of hydrogen-bond acceptors (Lipinski definition) is 5. The Kier molecular flexibility index (Phi) is 3.31. The second-order valence-electron chi connectivity index (χ2n) is 1.84. The van der Waals surface area contributed by atoms with Gasteiger partial charge in [-0.05, 0) is 6.26 Å². The molecule has 64 valence electrons. The summed E-state index contributed by atoms with van der Waals surface area (Å²) in [6.07, 6.45) is 5.14. The SMILES string of the molecule is CSc1cnc(C(Cl)=NO)nc1. The molecule has 0 saturated heterocycles. The van der Waals surface area contributed by atoms with Gasteiger partial charge in [-0.2, -0.15) is 0 Å². The van der Waals surface area contributed by atoms with Crippen molar-refractivity contribution in [2.75, 3.05) is 6.26 Å². The van der Waals surface area contributed by atoms with Crippen molar-refractivity contribution >= 4 is 28.5 Å². The second-order valence-corrected chi connectivity index (χ2v) is 3.07. The highest BCUT2D eigenvalue weighted by Gasteiger charge is 2.02. The lowest BCUT2D eigenvalue weighted by atomic mass is 10.6. The monoisotopic (exact) mass is 203 g/mol. The van der Waals surface area contributed by atoms with Gasteiger partial charge in [-0.1, -0.05) is 16.8 Å². The van der Waals surface area contributed by atoms with Gasteiger partial charge in [-0.3, -0.25) is 0 Å². The predicted molar refractivity (Wildman–Crippen MR) is 48.0 cm³/mol. The normalized spacial score (nSPS) is 11.7. The lowest BCUT2D eigenvalue weighted by molar-refractivity contribution is 0.320. The van der Waals surface area contributed by atoms with Crippen LogP contribution in [0.1, 0.15) is 5.82 Å². The van der Waals surface area contributed by atoms with Crippen LogP contribution in [-0.4, -0.2) is 26.6 Å². The molecule has 0 aliphatic carbocycles. The number of halogens is 1. The van der Waals surface area contributed by atoms with Gasteiger partial charge in [0.25, 0.3) is 0 Å². The molecule has 1 rings (SSSR count). The maximum atomic E-state index is 8.29. The molecule has 0 atom stereocenters. The first-order valence-corrected chi connectivity index (χ1v) is 4.62. The molecule has 0 bridgehead atoms. The van der Waals surface area contributed by atoms with Crippen molar-refractivity contribution in [3.05, 3.63) is 18.2 Å². The van der Waals surface area contributed by atoms with Gasteiger partial charge < -0.3 is 5.21 Å². The summed E-state index contributed by atoms with van der Waals surface area (Å²) in [6.45, 7) is 0. The number of hydrogen-bond donors (Lipinski definition) is 1. The fourth-order valence-corrected chi connectivity index (χ4v) is 0.987. The summed E-state index contributed by atoms with van der Waals surface area (Å²) < 4.78 is 0. The van der Waals surface area contributed by atoms with Gasteiger partial charge >= 0.3 is 0 Å². The Labute approximate surface area is 78.7 Å². The van der Waals surface area contributed by atoms with Gasteiger partial charge in [0, 0.05) is 17.3 Å². The van der Waals surface area contributed by atoms with Crippen molar-refractivity contribution in [2.45, 2.75) is 4.90 Å². The highest BCUT2D eigenvalue weighted by atomic mass is 35.5. The molecule has 12 heavy (non-hydrogen) atoms. The molecule has 1 aromatic heterocycles. The average Bonchev–Trinajstić information content (AvgIpc) is 2.17. The Morgan fingerprint density at radius 3 is 2.58 bits per heavy atom. The minimum atomic E-state index is -0.109. The topological polar surface area (TPSA) is 58.4 Å². The van der Waals surface area contributed by atoms with E-state index < -0.39 is 0 Å². The van der Waals surface area contributed by atoms with Gasteiger partial charge in [0.05, 0.1) is 0 Å². The molecular weight excluding hydrogens is 198 g/mol. The molecule has 0 radical (unpaired) electrons. The van der Waals surface area contributed by atoms with Gasteiger partial charge in [0.15, 0.2) is 5.82 Å². The Hall–Kier alpha value is -0.810. The Bertz CT molecular complexity index is 287. The van der Waals surface area contributed by atoms with Crippen LogP contribution in [0.3, 0.4) is 0 Å². The summed E-state index contributed by atoms with van der Waals surface area (Å²) in [5, 5.41) is 10.9. The standard InChI is InChI=1S/C6H6ClN3OS/c1-12-4-2-8-6(9-3-4)5(7)10-11/h2-3,11H,1H3. The Morgan fingerprint density at radius 2 is 2.17 bits per heavy atom. The van der Waals surface area contributed by atoms with Gasteiger partial charge in [0.2, 0.25) is 5.17 Å². The van der Waals surface area contributed by atoms with Crippen molar-refractivity contribution in [1.29, 1.82) is 0 Å². The van der Waals surface area contributed by atoms with Crippen LogP contribution in [0.4, 0.5) is 0 Å². The largest absolute Gasteiger partial charge is 0.410 e. The van der Waals surface area contributed by atoms with Crippen molar-refractivity contribution in [3.8, 4) is 0 Å². The zero-order valence-electron chi connectivity index (χ0n) is 6.23. The molecule has 6 heteroatoms. The van der Waals surface area contributed by atoms with E-state index in [2.05, 4.69) is 15.1 Å². The number of nitrogens with zero attached hydrogens (tertiary/aromatic N) is 3. The highest BCUT2D eigenvalue weighted by Crippen LogP contribution is 2.11. The lowest BCUT2D eigenvalue weighted by Gasteiger charge is -1.95. The number of thioether (sulfide) groups is 1. The van der Waals surface area contributed by atoms with Gasteiger partial charge in [-0.25, -0.2) is 9.97 Å². The van der Waals surface area contributed by atoms with E-state index in [9.17, 15) is 0 Å². The van der Waals surface area contributed by atoms with E-state index in [1.165, 1.54) is 11.8 Å². The van der Waals surface area contributed by atoms with Crippen LogP contribution in [0.5, 0.6) is 0 Å². The molecule has 0 aliphatic rings. The minimum absolute atomic E-state index is 0.109. The van der Waals surface area contributed by atoms with Crippen molar-refractivity contribution in [2.24, 2.45) is 5.16 Å². The second kappa shape index (κ2) is 4.27. The molecule has 0 spiro atoms. The number of oxime groups is 1. The van der Waals surface area contributed by atoms with E-state index >= 15 is 0 Å². The molecule has 0 saturated carbocycles. The maximum Gasteiger partial charge on any atom is 0.212 e. The number of aromatic nitrogens is 2. The molecule has 4 nitrogen and oxygen atoms in total. The molecule has 0 aliphatic heterocycles. The smallest absolute Gasteiger partial charge is 0.212 e. The van der Waals surface area contributed by atoms with Crippen LogP contribution in [0.2, 0.25) is 0 Å².